The number of halogens is 4. The van der Waals surface area contributed by atoms with Crippen molar-refractivity contribution < 1.29 is 27.1 Å². The standard InChI is InChI=1S/C21H14F4N4O2/c1-2-31-21-14(12-10-26-8-9-29(12)28-21)20(30)27-19-17(24)15(22)13(16(23)18(19)25)11-6-4-3-5-7-11/h3-10H,2H2,1H3,(H,27,30). The summed E-state index contributed by atoms with van der Waals surface area (Å²) in [6.07, 6.45) is 4.13. The minimum Gasteiger partial charge on any atom is -0.476 e. The molecule has 0 fully saturated rings. The molecular weight excluding hydrogens is 416 g/mol. The van der Waals surface area contributed by atoms with E-state index in [1.165, 1.54) is 47.4 Å². The van der Waals surface area contributed by atoms with Gasteiger partial charge in [-0.1, -0.05) is 30.3 Å². The molecule has 0 aliphatic carbocycles. The summed E-state index contributed by atoms with van der Waals surface area (Å²) < 4.78 is 65.3. The van der Waals surface area contributed by atoms with Crippen molar-refractivity contribution in [3.05, 3.63) is 77.8 Å². The zero-order valence-electron chi connectivity index (χ0n) is 16.0. The molecule has 158 valence electrons. The van der Waals surface area contributed by atoms with E-state index < -0.39 is 40.4 Å². The Kier molecular flexibility index (Phi) is 5.28. The van der Waals surface area contributed by atoms with Crippen molar-refractivity contribution in [2.45, 2.75) is 6.92 Å². The van der Waals surface area contributed by atoms with Crippen molar-refractivity contribution in [3.8, 4) is 17.0 Å². The number of ether oxygens (including phenoxy) is 1. The Morgan fingerprint density at radius 1 is 1.06 bits per heavy atom. The fourth-order valence-electron chi connectivity index (χ4n) is 3.11. The molecule has 0 saturated carbocycles. The number of amides is 1. The summed E-state index contributed by atoms with van der Waals surface area (Å²) in [7, 11) is 0. The van der Waals surface area contributed by atoms with E-state index >= 15 is 0 Å². The minimum atomic E-state index is -1.74. The third kappa shape index (κ3) is 3.45. The van der Waals surface area contributed by atoms with Crippen LogP contribution in [0.1, 0.15) is 17.3 Å². The Labute approximate surface area is 173 Å². The van der Waals surface area contributed by atoms with Crippen LogP contribution in [0.4, 0.5) is 23.2 Å². The number of aromatic nitrogens is 3. The van der Waals surface area contributed by atoms with E-state index in [0.29, 0.717) is 0 Å². The van der Waals surface area contributed by atoms with Crippen LogP contribution >= 0.6 is 0 Å². The molecule has 0 saturated heterocycles. The van der Waals surface area contributed by atoms with E-state index in [1.807, 2.05) is 5.32 Å². The highest BCUT2D eigenvalue weighted by atomic mass is 19.2. The SMILES string of the molecule is CCOc1nn2ccncc2c1C(=O)Nc1c(F)c(F)c(-c2ccccc2)c(F)c1F. The van der Waals surface area contributed by atoms with Gasteiger partial charge in [0.1, 0.15) is 16.8 Å². The highest BCUT2D eigenvalue weighted by molar-refractivity contribution is 6.10. The normalized spacial score (nSPS) is 11.0. The first kappa shape index (κ1) is 20.3. The van der Waals surface area contributed by atoms with Crippen LogP contribution in [-0.2, 0) is 0 Å². The second kappa shape index (κ2) is 8.05. The van der Waals surface area contributed by atoms with E-state index in [4.69, 9.17) is 4.74 Å². The maximum atomic E-state index is 14.7. The second-order valence-electron chi connectivity index (χ2n) is 6.35. The van der Waals surface area contributed by atoms with Gasteiger partial charge in [0.2, 0.25) is 5.88 Å². The summed E-state index contributed by atoms with van der Waals surface area (Å²) in [4.78, 5) is 16.7. The molecule has 2 aromatic heterocycles. The smallest absolute Gasteiger partial charge is 0.263 e. The van der Waals surface area contributed by atoms with Crippen LogP contribution in [-0.4, -0.2) is 27.1 Å². The lowest BCUT2D eigenvalue weighted by molar-refractivity contribution is 0.102. The van der Waals surface area contributed by atoms with Gasteiger partial charge in [-0.15, -0.1) is 5.10 Å². The van der Waals surface area contributed by atoms with E-state index in [-0.39, 0.29) is 29.1 Å². The van der Waals surface area contributed by atoms with Crippen molar-refractivity contribution in [1.82, 2.24) is 14.6 Å². The third-order valence-electron chi connectivity index (χ3n) is 4.48. The first-order chi connectivity index (χ1) is 14.9. The summed E-state index contributed by atoms with van der Waals surface area (Å²) >= 11 is 0. The highest BCUT2D eigenvalue weighted by Crippen LogP contribution is 2.35. The van der Waals surface area contributed by atoms with Gasteiger partial charge in [-0.25, -0.2) is 22.1 Å². The molecule has 0 radical (unpaired) electrons. The monoisotopic (exact) mass is 430 g/mol. The topological polar surface area (TPSA) is 68.5 Å². The molecule has 4 aromatic rings. The molecule has 31 heavy (non-hydrogen) atoms. The number of rotatable bonds is 5. The van der Waals surface area contributed by atoms with Crippen LogP contribution < -0.4 is 10.1 Å². The molecule has 0 spiro atoms. The fraction of sp³-hybridized carbons (Fsp3) is 0.0952. The summed E-state index contributed by atoms with van der Waals surface area (Å²) in [5.41, 5.74) is -2.21. The van der Waals surface area contributed by atoms with Crippen LogP contribution in [0.5, 0.6) is 5.88 Å². The van der Waals surface area contributed by atoms with E-state index in [1.54, 1.807) is 13.0 Å². The molecule has 0 atom stereocenters. The predicted octanol–water partition coefficient (Wildman–Crippen LogP) is 4.60. The van der Waals surface area contributed by atoms with Crippen LogP contribution in [0.15, 0.2) is 48.9 Å². The Bertz CT molecular complexity index is 1260. The number of carbonyl (C=O) groups excluding carboxylic acids is 1. The van der Waals surface area contributed by atoms with Crippen LogP contribution in [0.2, 0.25) is 0 Å². The summed E-state index contributed by atoms with van der Waals surface area (Å²) in [6.45, 7) is 1.80. The van der Waals surface area contributed by atoms with Crippen LogP contribution in [0.25, 0.3) is 16.6 Å². The molecule has 6 nitrogen and oxygen atoms in total. The second-order valence-corrected chi connectivity index (χ2v) is 6.35. The maximum absolute atomic E-state index is 14.7. The quantitative estimate of drug-likeness (QED) is 0.371. The molecule has 0 unspecified atom stereocenters. The van der Waals surface area contributed by atoms with Gasteiger partial charge in [-0.3, -0.25) is 9.78 Å². The van der Waals surface area contributed by atoms with Gasteiger partial charge < -0.3 is 10.1 Å². The van der Waals surface area contributed by atoms with Gasteiger partial charge in [0, 0.05) is 12.4 Å². The molecule has 0 aliphatic heterocycles. The number of hydrogen-bond donors (Lipinski definition) is 1. The van der Waals surface area contributed by atoms with Crippen molar-refractivity contribution >= 4 is 17.1 Å². The van der Waals surface area contributed by atoms with Crippen LogP contribution in [0.3, 0.4) is 0 Å². The first-order valence-electron chi connectivity index (χ1n) is 9.11. The summed E-state index contributed by atoms with van der Waals surface area (Å²) in [5, 5.41) is 5.96. The molecule has 0 bridgehead atoms. The lowest BCUT2D eigenvalue weighted by atomic mass is 10.0. The maximum Gasteiger partial charge on any atom is 0.263 e. The number of anilines is 1. The Balaban J connectivity index is 1.80. The molecule has 2 heterocycles. The van der Waals surface area contributed by atoms with Gasteiger partial charge in [-0.2, -0.15) is 0 Å². The fourth-order valence-corrected chi connectivity index (χ4v) is 3.11. The highest BCUT2D eigenvalue weighted by Gasteiger charge is 2.29. The lowest BCUT2D eigenvalue weighted by Crippen LogP contribution is -2.17. The van der Waals surface area contributed by atoms with Gasteiger partial charge in [-0.05, 0) is 12.5 Å². The molecule has 0 aliphatic rings. The largest absolute Gasteiger partial charge is 0.476 e. The van der Waals surface area contributed by atoms with E-state index in [2.05, 4.69) is 10.1 Å². The van der Waals surface area contributed by atoms with Gasteiger partial charge in [0.05, 0.1) is 18.4 Å². The predicted molar refractivity (Wildman–Crippen MR) is 104 cm³/mol. The average molecular weight is 430 g/mol. The first-order valence-corrected chi connectivity index (χ1v) is 9.11. The Morgan fingerprint density at radius 2 is 1.74 bits per heavy atom. The minimum absolute atomic E-state index is 0.0551. The third-order valence-corrected chi connectivity index (χ3v) is 4.48. The number of nitrogens with one attached hydrogen (secondary N) is 1. The Morgan fingerprint density at radius 3 is 2.39 bits per heavy atom. The molecule has 2 aromatic carbocycles. The number of fused-ring (bicyclic) bond motifs is 1. The van der Waals surface area contributed by atoms with E-state index in [9.17, 15) is 22.4 Å². The lowest BCUT2D eigenvalue weighted by Gasteiger charge is -2.13. The van der Waals surface area contributed by atoms with Crippen molar-refractivity contribution in [2.24, 2.45) is 0 Å². The zero-order valence-corrected chi connectivity index (χ0v) is 16.0. The summed E-state index contributed by atoms with van der Waals surface area (Å²) in [5.74, 6) is -7.94. The van der Waals surface area contributed by atoms with Crippen molar-refractivity contribution in [2.75, 3.05) is 11.9 Å². The van der Waals surface area contributed by atoms with Gasteiger partial charge >= 0.3 is 0 Å². The molecule has 10 heteroatoms. The summed E-state index contributed by atoms with van der Waals surface area (Å²) in [6, 6.07) is 7.13. The zero-order chi connectivity index (χ0) is 22.1. The number of hydrogen-bond acceptors (Lipinski definition) is 4. The number of carbonyl (C=O) groups is 1. The van der Waals surface area contributed by atoms with Crippen molar-refractivity contribution in [1.29, 1.82) is 0 Å². The van der Waals surface area contributed by atoms with E-state index in [0.717, 1.165) is 0 Å². The Hall–Kier alpha value is -3.95. The molecule has 1 amide bonds. The van der Waals surface area contributed by atoms with Gasteiger partial charge in [0.15, 0.2) is 23.3 Å². The molecule has 1 N–H and O–H groups in total. The van der Waals surface area contributed by atoms with Crippen LogP contribution in [0, 0.1) is 23.3 Å². The number of benzene rings is 2. The molecular formula is C21H14F4N4O2. The van der Waals surface area contributed by atoms with Gasteiger partial charge in [0.25, 0.3) is 5.91 Å². The number of nitrogens with zero attached hydrogens (tertiary/aromatic N) is 3. The molecule has 4 rings (SSSR count). The van der Waals surface area contributed by atoms with Crippen molar-refractivity contribution in [3.63, 3.8) is 0 Å². The average Bonchev–Trinajstić information content (AvgIpc) is 3.14.